The van der Waals surface area contributed by atoms with Crippen LogP contribution < -0.4 is 14.2 Å². The number of rotatable bonds is 1. The fraction of sp³-hybridized carbons (Fsp3) is 0.333. The van der Waals surface area contributed by atoms with Gasteiger partial charge >= 0.3 is 0 Å². The van der Waals surface area contributed by atoms with Crippen molar-refractivity contribution in [1.82, 2.24) is 0 Å². The van der Waals surface area contributed by atoms with Crippen LogP contribution in [0.3, 0.4) is 0 Å². The van der Waals surface area contributed by atoms with Crippen molar-refractivity contribution < 1.29 is 36.2 Å². The number of benzene rings is 3. The topological polar surface area (TPSA) is 27.7 Å². The number of aryl methyl sites for hydroxylation is 3. The number of hydrogen-bond acceptors (Lipinski definition) is 3. The van der Waals surface area contributed by atoms with E-state index in [0.29, 0.717) is 16.9 Å². The summed E-state index contributed by atoms with van der Waals surface area (Å²) >= 11 is 0. The van der Waals surface area contributed by atoms with E-state index in [1.54, 1.807) is 21.0 Å². The Kier molecular flexibility index (Phi) is 9.12. The number of halogens is 5. The summed E-state index contributed by atoms with van der Waals surface area (Å²) in [5.41, 5.74) is 1.87. The summed E-state index contributed by atoms with van der Waals surface area (Å²) in [6.45, 7) is 10.9. The highest BCUT2D eigenvalue weighted by Gasteiger charge is 2.19. The Balaban J connectivity index is 0.000000185. The maximum Gasteiger partial charge on any atom is 0.231 e. The first kappa shape index (κ1) is 28.0. The molecule has 1 aliphatic rings. The lowest BCUT2D eigenvalue weighted by Gasteiger charge is -2.07. The maximum absolute atomic E-state index is 13.0. The minimum Gasteiger partial charge on any atom is -0.493 e. The van der Waals surface area contributed by atoms with Gasteiger partial charge in [0.2, 0.25) is 12.5 Å². The van der Waals surface area contributed by atoms with Crippen molar-refractivity contribution >= 4 is 0 Å². The zero-order valence-electron chi connectivity index (χ0n) is 21.1. The predicted octanol–water partition coefficient (Wildman–Crippen LogP) is 7.65. The van der Waals surface area contributed by atoms with Crippen LogP contribution >= 0.6 is 0 Å². The van der Waals surface area contributed by atoms with E-state index in [2.05, 4.69) is 0 Å². The van der Waals surface area contributed by atoms with Crippen LogP contribution in [0, 0.1) is 77.6 Å². The summed E-state index contributed by atoms with van der Waals surface area (Å²) in [6, 6.07) is 5.37. The van der Waals surface area contributed by atoms with Gasteiger partial charge < -0.3 is 14.2 Å². The van der Waals surface area contributed by atoms with Gasteiger partial charge in [0.05, 0.1) is 7.11 Å². The van der Waals surface area contributed by atoms with Gasteiger partial charge in [0, 0.05) is 22.3 Å². The SMILES string of the molecule is COc1cc(C)cc2c1OCO2.Cc1c(F)c(C)c(F)c(C)c1F.Cc1cc(C)c(F)c(C)c1F. The molecule has 0 radical (unpaired) electrons. The molecule has 0 amide bonds. The van der Waals surface area contributed by atoms with Gasteiger partial charge in [-0.1, -0.05) is 6.07 Å². The smallest absolute Gasteiger partial charge is 0.231 e. The lowest BCUT2D eigenvalue weighted by molar-refractivity contribution is 0.171. The van der Waals surface area contributed by atoms with Crippen molar-refractivity contribution in [3.8, 4) is 17.2 Å². The first-order valence-corrected chi connectivity index (χ1v) is 10.8. The Morgan fingerprint density at radius 3 is 1.46 bits per heavy atom. The molecule has 35 heavy (non-hydrogen) atoms. The molecule has 1 heterocycles. The van der Waals surface area contributed by atoms with Crippen LogP contribution in [0.2, 0.25) is 0 Å². The van der Waals surface area contributed by atoms with E-state index in [1.165, 1.54) is 33.8 Å². The molecule has 0 aromatic heterocycles. The van der Waals surface area contributed by atoms with Crippen molar-refractivity contribution in [3.05, 3.63) is 86.2 Å². The van der Waals surface area contributed by atoms with Gasteiger partial charge in [-0.2, -0.15) is 0 Å². The van der Waals surface area contributed by atoms with Gasteiger partial charge in [0.25, 0.3) is 0 Å². The van der Waals surface area contributed by atoms with Crippen molar-refractivity contribution in [2.75, 3.05) is 13.9 Å². The minimum absolute atomic E-state index is 0.113. The highest BCUT2D eigenvalue weighted by molar-refractivity contribution is 5.54. The highest BCUT2D eigenvalue weighted by Crippen LogP contribution is 2.41. The van der Waals surface area contributed by atoms with Gasteiger partial charge in [-0.15, -0.1) is 0 Å². The normalized spacial score (nSPS) is 11.3. The molecule has 0 saturated heterocycles. The lowest BCUT2D eigenvalue weighted by atomic mass is 10.1. The van der Waals surface area contributed by atoms with E-state index < -0.39 is 29.1 Å². The minimum atomic E-state index is -0.796. The average Bonchev–Trinajstić information content (AvgIpc) is 3.31. The second-order valence-electron chi connectivity index (χ2n) is 8.28. The quantitative estimate of drug-likeness (QED) is 0.324. The average molecular weight is 497 g/mol. The van der Waals surface area contributed by atoms with E-state index in [1.807, 2.05) is 19.1 Å². The third-order valence-corrected chi connectivity index (χ3v) is 5.56. The molecular formula is C27H29F5O3. The van der Waals surface area contributed by atoms with E-state index >= 15 is 0 Å². The predicted molar refractivity (Wildman–Crippen MR) is 125 cm³/mol. The Morgan fingerprint density at radius 2 is 1.03 bits per heavy atom. The molecule has 1 aliphatic heterocycles. The highest BCUT2D eigenvalue weighted by atomic mass is 19.2. The van der Waals surface area contributed by atoms with Crippen molar-refractivity contribution in [2.45, 2.75) is 48.5 Å². The fourth-order valence-corrected chi connectivity index (χ4v) is 3.53. The van der Waals surface area contributed by atoms with Gasteiger partial charge in [-0.05, 0) is 77.3 Å². The monoisotopic (exact) mass is 496 g/mol. The molecule has 3 nitrogen and oxygen atoms in total. The Bertz CT molecular complexity index is 1110. The van der Waals surface area contributed by atoms with Crippen LogP contribution in [-0.4, -0.2) is 13.9 Å². The van der Waals surface area contributed by atoms with Gasteiger partial charge in [0.15, 0.2) is 11.5 Å². The number of ether oxygens (including phenoxy) is 3. The van der Waals surface area contributed by atoms with Crippen LogP contribution in [0.25, 0.3) is 0 Å². The van der Waals surface area contributed by atoms with Gasteiger partial charge in [-0.3, -0.25) is 0 Å². The Labute approximate surface area is 202 Å². The summed E-state index contributed by atoms with van der Waals surface area (Å²) in [4.78, 5) is 0. The van der Waals surface area contributed by atoms with E-state index in [4.69, 9.17) is 14.2 Å². The largest absolute Gasteiger partial charge is 0.493 e. The molecule has 8 heteroatoms. The summed E-state index contributed by atoms with van der Waals surface area (Å²) in [5, 5.41) is 0. The molecule has 0 bridgehead atoms. The van der Waals surface area contributed by atoms with E-state index in [0.717, 1.165) is 17.1 Å². The molecular weight excluding hydrogens is 467 g/mol. The van der Waals surface area contributed by atoms with Crippen LogP contribution in [0.1, 0.15) is 38.9 Å². The zero-order valence-corrected chi connectivity index (χ0v) is 21.1. The maximum atomic E-state index is 13.0. The molecule has 0 aliphatic carbocycles. The molecule has 0 atom stereocenters. The van der Waals surface area contributed by atoms with E-state index in [9.17, 15) is 22.0 Å². The van der Waals surface area contributed by atoms with Gasteiger partial charge in [-0.25, -0.2) is 22.0 Å². The first-order chi connectivity index (χ1) is 16.3. The van der Waals surface area contributed by atoms with Crippen LogP contribution in [-0.2, 0) is 0 Å². The van der Waals surface area contributed by atoms with Crippen LogP contribution in [0.5, 0.6) is 17.2 Å². The fourth-order valence-electron chi connectivity index (χ4n) is 3.53. The van der Waals surface area contributed by atoms with Crippen LogP contribution in [0.4, 0.5) is 22.0 Å². The molecule has 4 rings (SSSR count). The molecule has 190 valence electrons. The van der Waals surface area contributed by atoms with E-state index in [-0.39, 0.29) is 29.0 Å². The molecule has 0 fully saturated rings. The Morgan fingerprint density at radius 1 is 0.600 bits per heavy atom. The van der Waals surface area contributed by atoms with Crippen molar-refractivity contribution in [2.24, 2.45) is 0 Å². The van der Waals surface area contributed by atoms with Crippen molar-refractivity contribution in [3.63, 3.8) is 0 Å². The molecule has 3 aromatic carbocycles. The summed E-state index contributed by atoms with van der Waals surface area (Å²) in [7, 11) is 1.62. The second-order valence-corrected chi connectivity index (χ2v) is 8.28. The zero-order chi connectivity index (χ0) is 26.6. The van der Waals surface area contributed by atoms with Crippen LogP contribution in [0.15, 0.2) is 18.2 Å². The second kappa shape index (κ2) is 11.4. The Hall–Kier alpha value is -3.29. The molecule has 0 saturated carbocycles. The molecule has 0 unspecified atom stereocenters. The molecule has 0 spiro atoms. The summed E-state index contributed by atoms with van der Waals surface area (Å²) < 4.78 is 80.3. The number of fused-ring (bicyclic) bond motifs is 1. The standard InChI is InChI=1S/C9H9F3.C9H10F2.C9H10O3/c1-4-7(10)5(2)9(12)6(3)8(4)11;1-5-4-6(2)9(11)7(3)8(5)10;1-6-3-7(10-2)9-8(4-6)11-5-12-9/h1-3H3;4H,1-3H3;3-4H,5H2,1-2H3. The lowest BCUT2D eigenvalue weighted by Crippen LogP contribution is -2.01. The van der Waals surface area contributed by atoms with Gasteiger partial charge in [0.1, 0.15) is 29.1 Å². The van der Waals surface area contributed by atoms with Crippen molar-refractivity contribution in [1.29, 1.82) is 0 Å². The summed E-state index contributed by atoms with van der Waals surface area (Å²) in [5.74, 6) is -1.04. The first-order valence-electron chi connectivity index (χ1n) is 10.8. The molecule has 0 N–H and O–H groups in total. The molecule has 3 aromatic rings. The third kappa shape index (κ3) is 6.05. The number of methoxy groups -OCH3 is 1. The third-order valence-electron chi connectivity index (χ3n) is 5.56. The number of hydrogen-bond donors (Lipinski definition) is 0. The summed E-state index contributed by atoms with van der Waals surface area (Å²) in [6.07, 6.45) is 0.